The summed E-state index contributed by atoms with van der Waals surface area (Å²) in [5, 5.41) is 7.07. The molecule has 1 unspecified atom stereocenters. The maximum atomic E-state index is 12.0. The molecule has 1 atom stereocenters. The van der Waals surface area contributed by atoms with Crippen LogP contribution in [0.25, 0.3) is 0 Å². The fourth-order valence-electron chi connectivity index (χ4n) is 3.05. The normalized spacial score (nSPS) is 15.9. The number of pyridine rings is 1. The van der Waals surface area contributed by atoms with Gasteiger partial charge in [0.05, 0.1) is 0 Å². The first-order valence-electron chi connectivity index (χ1n) is 8.60. The molecule has 1 N–H and O–H groups in total. The van der Waals surface area contributed by atoms with Crippen molar-refractivity contribution >= 4 is 11.9 Å². The van der Waals surface area contributed by atoms with Crippen LogP contribution in [0.15, 0.2) is 54.7 Å². The Balaban J connectivity index is 1.36. The summed E-state index contributed by atoms with van der Waals surface area (Å²) in [5.41, 5.74) is 1.07. The van der Waals surface area contributed by atoms with Crippen LogP contribution in [0.5, 0.6) is 5.75 Å². The van der Waals surface area contributed by atoms with E-state index in [0.717, 1.165) is 30.9 Å². The molecule has 0 bridgehead atoms. The SMILES string of the molecule is O=C(COc1ccccc1)Nc1nc2n(n1)CCC(c1ccccn1)C2. The van der Waals surface area contributed by atoms with E-state index in [-0.39, 0.29) is 12.5 Å². The average Bonchev–Trinajstić information content (AvgIpc) is 3.09. The van der Waals surface area contributed by atoms with Crippen molar-refractivity contribution in [1.82, 2.24) is 19.7 Å². The molecular weight excluding hydrogens is 330 g/mol. The van der Waals surface area contributed by atoms with E-state index in [2.05, 4.69) is 20.4 Å². The number of rotatable bonds is 5. The first kappa shape index (κ1) is 16.3. The van der Waals surface area contributed by atoms with Crippen molar-refractivity contribution < 1.29 is 9.53 Å². The number of aromatic nitrogens is 4. The summed E-state index contributed by atoms with van der Waals surface area (Å²) in [6.45, 7) is 0.685. The number of anilines is 1. The molecule has 1 aliphatic heterocycles. The van der Waals surface area contributed by atoms with E-state index in [0.29, 0.717) is 17.6 Å². The van der Waals surface area contributed by atoms with Crippen molar-refractivity contribution in [2.75, 3.05) is 11.9 Å². The predicted molar refractivity (Wildman–Crippen MR) is 95.9 cm³/mol. The molecule has 0 radical (unpaired) electrons. The Kier molecular flexibility index (Phi) is 4.59. The number of nitrogens with zero attached hydrogens (tertiary/aromatic N) is 4. The fourth-order valence-corrected chi connectivity index (χ4v) is 3.05. The number of aryl methyl sites for hydroxylation is 1. The molecule has 2 aromatic heterocycles. The van der Waals surface area contributed by atoms with Crippen molar-refractivity contribution in [1.29, 1.82) is 0 Å². The second-order valence-electron chi connectivity index (χ2n) is 6.17. The van der Waals surface area contributed by atoms with Gasteiger partial charge in [0.25, 0.3) is 5.91 Å². The lowest BCUT2D eigenvalue weighted by Gasteiger charge is -2.21. The molecule has 1 aromatic carbocycles. The molecule has 0 saturated carbocycles. The third-order valence-corrected chi connectivity index (χ3v) is 4.34. The summed E-state index contributed by atoms with van der Waals surface area (Å²) in [5.74, 6) is 1.89. The van der Waals surface area contributed by atoms with Gasteiger partial charge >= 0.3 is 0 Å². The first-order valence-corrected chi connectivity index (χ1v) is 8.60. The quantitative estimate of drug-likeness (QED) is 0.765. The van der Waals surface area contributed by atoms with Crippen LogP contribution in [-0.4, -0.2) is 32.3 Å². The standard InChI is InChI=1S/C19H19N5O2/c25-18(13-26-15-6-2-1-3-7-15)22-19-21-17-12-14(9-11-24(17)23-19)16-8-4-5-10-20-16/h1-8,10,14H,9,11-13H2,(H,22,23,25). The second kappa shape index (κ2) is 7.35. The minimum atomic E-state index is -0.280. The zero-order chi connectivity index (χ0) is 17.8. The molecule has 3 aromatic rings. The smallest absolute Gasteiger partial charge is 0.264 e. The molecule has 26 heavy (non-hydrogen) atoms. The van der Waals surface area contributed by atoms with Crippen LogP contribution < -0.4 is 10.1 Å². The van der Waals surface area contributed by atoms with Crippen LogP contribution in [-0.2, 0) is 17.8 Å². The molecular formula is C19H19N5O2. The zero-order valence-corrected chi connectivity index (χ0v) is 14.2. The monoisotopic (exact) mass is 349 g/mol. The van der Waals surface area contributed by atoms with E-state index < -0.39 is 0 Å². The summed E-state index contributed by atoms with van der Waals surface area (Å²) in [6.07, 6.45) is 3.53. The number of carbonyl (C=O) groups is 1. The molecule has 0 spiro atoms. The highest BCUT2D eigenvalue weighted by Gasteiger charge is 2.24. The van der Waals surface area contributed by atoms with Crippen LogP contribution in [0.1, 0.15) is 23.9 Å². The third kappa shape index (κ3) is 3.72. The van der Waals surface area contributed by atoms with Gasteiger partial charge < -0.3 is 4.74 Å². The van der Waals surface area contributed by atoms with E-state index in [9.17, 15) is 4.79 Å². The maximum Gasteiger partial charge on any atom is 0.264 e. The highest BCUT2D eigenvalue weighted by molar-refractivity contribution is 5.90. The maximum absolute atomic E-state index is 12.0. The first-order chi connectivity index (χ1) is 12.8. The lowest BCUT2D eigenvalue weighted by atomic mass is 9.94. The van der Waals surface area contributed by atoms with Gasteiger partial charge in [-0.1, -0.05) is 24.3 Å². The molecule has 1 amide bonds. The van der Waals surface area contributed by atoms with Crippen molar-refractivity contribution in [3.63, 3.8) is 0 Å². The lowest BCUT2D eigenvalue weighted by molar-refractivity contribution is -0.118. The van der Waals surface area contributed by atoms with E-state index in [4.69, 9.17) is 4.74 Å². The Morgan fingerprint density at radius 3 is 2.85 bits per heavy atom. The summed E-state index contributed by atoms with van der Waals surface area (Å²) < 4.78 is 7.29. The van der Waals surface area contributed by atoms with Crippen LogP contribution in [0.4, 0.5) is 5.95 Å². The Bertz CT molecular complexity index is 879. The van der Waals surface area contributed by atoms with Gasteiger partial charge in [0, 0.05) is 30.8 Å². The molecule has 0 aliphatic carbocycles. The second-order valence-corrected chi connectivity index (χ2v) is 6.17. The molecule has 1 aliphatic rings. The molecule has 7 heteroatoms. The number of amides is 1. The molecule has 0 saturated heterocycles. The van der Waals surface area contributed by atoms with Gasteiger partial charge in [-0.2, -0.15) is 4.98 Å². The van der Waals surface area contributed by atoms with E-state index in [1.165, 1.54) is 0 Å². The van der Waals surface area contributed by atoms with Gasteiger partial charge in [-0.15, -0.1) is 5.10 Å². The van der Waals surface area contributed by atoms with Crippen LogP contribution in [0.3, 0.4) is 0 Å². The van der Waals surface area contributed by atoms with Gasteiger partial charge in [0.2, 0.25) is 5.95 Å². The van der Waals surface area contributed by atoms with E-state index in [1.54, 1.807) is 12.1 Å². The summed E-state index contributed by atoms with van der Waals surface area (Å²) in [6, 6.07) is 15.2. The summed E-state index contributed by atoms with van der Waals surface area (Å²) >= 11 is 0. The van der Waals surface area contributed by atoms with E-state index >= 15 is 0 Å². The number of fused-ring (bicyclic) bond motifs is 1. The number of ether oxygens (including phenoxy) is 1. The molecule has 7 nitrogen and oxygen atoms in total. The van der Waals surface area contributed by atoms with Crippen molar-refractivity contribution in [2.45, 2.75) is 25.3 Å². The van der Waals surface area contributed by atoms with Crippen molar-refractivity contribution in [3.8, 4) is 5.75 Å². The van der Waals surface area contributed by atoms with Gasteiger partial charge in [0.1, 0.15) is 11.6 Å². The number of para-hydroxylation sites is 1. The Morgan fingerprint density at radius 1 is 1.19 bits per heavy atom. The van der Waals surface area contributed by atoms with Crippen LogP contribution >= 0.6 is 0 Å². The summed E-state index contributed by atoms with van der Waals surface area (Å²) in [7, 11) is 0. The van der Waals surface area contributed by atoms with Gasteiger partial charge in [0.15, 0.2) is 6.61 Å². The number of hydrogen-bond acceptors (Lipinski definition) is 5. The van der Waals surface area contributed by atoms with Crippen molar-refractivity contribution in [3.05, 3.63) is 66.2 Å². The Morgan fingerprint density at radius 2 is 2.04 bits per heavy atom. The van der Waals surface area contributed by atoms with Gasteiger partial charge in [-0.3, -0.25) is 15.1 Å². The van der Waals surface area contributed by atoms with Gasteiger partial charge in [-0.25, -0.2) is 4.68 Å². The third-order valence-electron chi connectivity index (χ3n) is 4.34. The Labute approximate surface area is 151 Å². The number of hydrogen-bond donors (Lipinski definition) is 1. The predicted octanol–water partition coefficient (Wildman–Crippen LogP) is 2.42. The molecule has 0 fully saturated rings. The lowest BCUT2D eigenvalue weighted by Crippen LogP contribution is -2.21. The molecule has 3 heterocycles. The summed E-state index contributed by atoms with van der Waals surface area (Å²) in [4.78, 5) is 20.9. The highest BCUT2D eigenvalue weighted by atomic mass is 16.5. The minimum absolute atomic E-state index is 0.0789. The number of carbonyl (C=O) groups excluding carboxylic acids is 1. The zero-order valence-electron chi connectivity index (χ0n) is 14.2. The van der Waals surface area contributed by atoms with Gasteiger partial charge in [-0.05, 0) is 30.7 Å². The average molecular weight is 349 g/mol. The number of nitrogens with one attached hydrogen (secondary N) is 1. The largest absolute Gasteiger partial charge is 0.484 e. The topological polar surface area (TPSA) is 81.9 Å². The van der Waals surface area contributed by atoms with E-state index in [1.807, 2.05) is 47.3 Å². The van der Waals surface area contributed by atoms with Crippen LogP contribution in [0.2, 0.25) is 0 Å². The Hall–Kier alpha value is -3.22. The van der Waals surface area contributed by atoms with Crippen LogP contribution in [0, 0.1) is 0 Å². The van der Waals surface area contributed by atoms with Crippen molar-refractivity contribution in [2.24, 2.45) is 0 Å². The minimum Gasteiger partial charge on any atom is -0.484 e. The molecule has 132 valence electrons. The molecule has 4 rings (SSSR count). The fraction of sp³-hybridized carbons (Fsp3) is 0.263. The number of benzene rings is 1. The highest BCUT2D eigenvalue weighted by Crippen LogP contribution is 2.27.